The van der Waals surface area contributed by atoms with E-state index in [1.54, 1.807) is 0 Å². The molecule has 7 aromatic carbocycles. The van der Waals surface area contributed by atoms with E-state index in [2.05, 4.69) is 115 Å². The van der Waals surface area contributed by atoms with Crippen LogP contribution in [0.15, 0.2) is 162 Å². The number of para-hydroxylation sites is 1. The van der Waals surface area contributed by atoms with Crippen molar-refractivity contribution in [3.05, 3.63) is 169 Å². The van der Waals surface area contributed by atoms with Gasteiger partial charge in [0.15, 0.2) is 11.6 Å². The summed E-state index contributed by atoms with van der Waals surface area (Å²) in [5, 5.41) is 4.53. The highest BCUT2D eigenvalue weighted by Gasteiger charge is 2.36. The molecule has 3 heterocycles. The maximum atomic E-state index is 6.62. The zero-order valence-electron chi connectivity index (χ0n) is 29.2. The lowest BCUT2D eigenvalue weighted by Crippen LogP contribution is -2.14. The largest absolute Gasteiger partial charge is 0.456 e. The highest BCUT2D eigenvalue weighted by Crippen LogP contribution is 2.51. The fourth-order valence-corrected chi connectivity index (χ4v) is 8.51. The van der Waals surface area contributed by atoms with E-state index in [1.807, 2.05) is 60.7 Å². The first-order valence-corrected chi connectivity index (χ1v) is 18.0. The predicted molar refractivity (Wildman–Crippen MR) is 215 cm³/mol. The standard InChI is InChI=1S/C48H32N4O/c1-48(2)38-21-11-9-18-33(38)35-27-37-43(28-39(35)48)53-42-23-13-20-32(44(37)42)31-24-25-41-36(26-31)34-19-10-12-22-40(34)52(41)47-50-45(29-14-5-3-6-15-29)49-46(51-47)30-16-7-4-8-17-30/h3-28H,1-2H3. The first-order chi connectivity index (χ1) is 26.0. The molecule has 250 valence electrons. The lowest BCUT2D eigenvalue weighted by atomic mass is 9.82. The molecule has 0 aliphatic heterocycles. The number of hydrogen-bond donors (Lipinski definition) is 0. The van der Waals surface area contributed by atoms with Crippen LogP contribution in [-0.4, -0.2) is 19.5 Å². The van der Waals surface area contributed by atoms with Crippen molar-refractivity contribution in [1.29, 1.82) is 0 Å². The van der Waals surface area contributed by atoms with E-state index in [0.29, 0.717) is 17.6 Å². The van der Waals surface area contributed by atoms with Crippen LogP contribution in [0.25, 0.3) is 94.7 Å². The molecule has 0 bridgehead atoms. The Morgan fingerprint density at radius 1 is 0.453 bits per heavy atom. The van der Waals surface area contributed by atoms with Gasteiger partial charge in [0.25, 0.3) is 0 Å². The number of furan rings is 1. The molecule has 0 fully saturated rings. The molecular formula is C48H32N4O. The smallest absolute Gasteiger partial charge is 0.238 e. The Morgan fingerprint density at radius 2 is 1.11 bits per heavy atom. The van der Waals surface area contributed by atoms with Gasteiger partial charge >= 0.3 is 0 Å². The molecule has 0 amide bonds. The number of fused-ring (bicyclic) bond motifs is 9. The summed E-state index contributed by atoms with van der Waals surface area (Å²) in [4.78, 5) is 15.2. The summed E-state index contributed by atoms with van der Waals surface area (Å²) in [6.45, 7) is 4.62. The minimum absolute atomic E-state index is 0.0938. The van der Waals surface area contributed by atoms with Crippen molar-refractivity contribution < 1.29 is 4.42 Å². The highest BCUT2D eigenvalue weighted by atomic mass is 16.3. The van der Waals surface area contributed by atoms with E-state index in [9.17, 15) is 0 Å². The normalized spacial score (nSPS) is 13.2. The van der Waals surface area contributed by atoms with E-state index in [1.165, 1.54) is 22.3 Å². The highest BCUT2D eigenvalue weighted by molar-refractivity contribution is 6.16. The molecule has 10 aromatic rings. The van der Waals surface area contributed by atoms with Gasteiger partial charge in [0, 0.05) is 38.1 Å². The fourth-order valence-electron chi connectivity index (χ4n) is 8.51. The minimum atomic E-state index is -0.0938. The van der Waals surface area contributed by atoms with E-state index < -0.39 is 0 Å². The van der Waals surface area contributed by atoms with Crippen LogP contribution in [0.3, 0.4) is 0 Å². The Bertz CT molecular complexity index is 3020. The van der Waals surface area contributed by atoms with Crippen LogP contribution in [0.2, 0.25) is 0 Å². The van der Waals surface area contributed by atoms with Crippen LogP contribution in [0.4, 0.5) is 0 Å². The first-order valence-electron chi connectivity index (χ1n) is 18.0. The molecule has 0 atom stereocenters. The molecule has 11 rings (SSSR count). The van der Waals surface area contributed by atoms with Gasteiger partial charge < -0.3 is 4.42 Å². The topological polar surface area (TPSA) is 56.7 Å². The maximum absolute atomic E-state index is 6.62. The summed E-state index contributed by atoms with van der Waals surface area (Å²) in [7, 11) is 0. The van der Waals surface area contributed by atoms with Gasteiger partial charge in [-0.05, 0) is 69.8 Å². The van der Waals surface area contributed by atoms with Crippen LogP contribution in [0.1, 0.15) is 25.0 Å². The number of hydrogen-bond acceptors (Lipinski definition) is 4. The van der Waals surface area contributed by atoms with Gasteiger partial charge in [0.1, 0.15) is 11.2 Å². The Hall–Kier alpha value is -6.85. The second-order valence-corrected chi connectivity index (χ2v) is 14.4. The Labute approximate surface area is 305 Å². The Balaban J connectivity index is 1.13. The first kappa shape index (κ1) is 29.8. The average Bonchev–Trinajstić information content (AvgIpc) is 3.82. The van der Waals surface area contributed by atoms with E-state index in [-0.39, 0.29) is 5.41 Å². The number of benzene rings is 7. The van der Waals surface area contributed by atoms with Crippen molar-refractivity contribution in [3.8, 4) is 51.0 Å². The van der Waals surface area contributed by atoms with Gasteiger partial charge in [0.05, 0.1) is 11.0 Å². The monoisotopic (exact) mass is 680 g/mol. The third-order valence-corrected chi connectivity index (χ3v) is 11.1. The molecule has 0 radical (unpaired) electrons. The maximum Gasteiger partial charge on any atom is 0.238 e. The summed E-state index contributed by atoms with van der Waals surface area (Å²) < 4.78 is 8.79. The number of nitrogens with zero attached hydrogens (tertiary/aromatic N) is 4. The lowest BCUT2D eigenvalue weighted by molar-refractivity contribution is 0.647. The molecule has 0 saturated carbocycles. The van der Waals surface area contributed by atoms with Crippen molar-refractivity contribution in [1.82, 2.24) is 19.5 Å². The van der Waals surface area contributed by atoms with Crippen LogP contribution in [0.5, 0.6) is 0 Å². The SMILES string of the molecule is CC1(C)c2ccccc2-c2cc3c(cc21)oc1cccc(-c2ccc4c(c2)c2ccccc2n4-c2nc(-c4ccccc4)nc(-c4ccccc4)n2)c13. The van der Waals surface area contributed by atoms with Gasteiger partial charge in [-0.2, -0.15) is 9.97 Å². The fraction of sp³-hybridized carbons (Fsp3) is 0.0625. The minimum Gasteiger partial charge on any atom is -0.456 e. The van der Waals surface area contributed by atoms with Gasteiger partial charge in [-0.1, -0.05) is 135 Å². The van der Waals surface area contributed by atoms with Crippen LogP contribution in [0, 0.1) is 0 Å². The van der Waals surface area contributed by atoms with Crippen molar-refractivity contribution >= 4 is 43.7 Å². The van der Waals surface area contributed by atoms with Crippen LogP contribution in [-0.2, 0) is 5.41 Å². The summed E-state index contributed by atoms with van der Waals surface area (Å²) in [6, 6.07) is 55.3. The molecule has 3 aromatic heterocycles. The second-order valence-electron chi connectivity index (χ2n) is 14.4. The van der Waals surface area contributed by atoms with E-state index in [4.69, 9.17) is 19.4 Å². The molecule has 1 aliphatic carbocycles. The summed E-state index contributed by atoms with van der Waals surface area (Å²) >= 11 is 0. The van der Waals surface area contributed by atoms with Crippen molar-refractivity contribution in [2.24, 2.45) is 0 Å². The molecule has 0 spiro atoms. The van der Waals surface area contributed by atoms with Gasteiger partial charge in [0.2, 0.25) is 5.95 Å². The third-order valence-electron chi connectivity index (χ3n) is 11.1. The molecule has 0 saturated heterocycles. The number of aromatic nitrogens is 4. The van der Waals surface area contributed by atoms with Gasteiger partial charge in [-0.15, -0.1) is 0 Å². The predicted octanol–water partition coefficient (Wildman–Crippen LogP) is 12.2. The lowest BCUT2D eigenvalue weighted by Gasteiger charge is -2.21. The van der Waals surface area contributed by atoms with Crippen molar-refractivity contribution in [2.75, 3.05) is 0 Å². The van der Waals surface area contributed by atoms with Crippen molar-refractivity contribution in [3.63, 3.8) is 0 Å². The molecule has 0 unspecified atom stereocenters. The van der Waals surface area contributed by atoms with Crippen LogP contribution >= 0.6 is 0 Å². The van der Waals surface area contributed by atoms with Gasteiger partial charge in [-0.3, -0.25) is 4.57 Å². The van der Waals surface area contributed by atoms with Crippen LogP contribution < -0.4 is 0 Å². The van der Waals surface area contributed by atoms with E-state index in [0.717, 1.165) is 66.0 Å². The molecule has 0 N–H and O–H groups in total. The van der Waals surface area contributed by atoms with Crippen molar-refractivity contribution in [2.45, 2.75) is 19.3 Å². The summed E-state index contributed by atoms with van der Waals surface area (Å²) in [6.07, 6.45) is 0. The zero-order valence-corrected chi connectivity index (χ0v) is 29.2. The second kappa shape index (κ2) is 11.1. The average molecular weight is 681 g/mol. The Morgan fingerprint density at radius 3 is 1.89 bits per heavy atom. The number of rotatable bonds is 4. The molecule has 5 nitrogen and oxygen atoms in total. The van der Waals surface area contributed by atoms with Gasteiger partial charge in [-0.25, -0.2) is 4.98 Å². The zero-order chi connectivity index (χ0) is 35.3. The Kier molecular flexibility index (Phi) is 6.23. The van der Waals surface area contributed by atoms with E-state index >= 15 is 0 Å². The molecule has 5 heteroatoms. The quantitative estimate of drug-likeness (QED) is 0.186. The third kappa shape index (κ3) is 4.40. The summed E-state index contributed by atoms with van der Waals surface area (Å²) in [5.41, 5.74) is 13.2. The molecule has 1 aliphatic rings. The molecule has 53 heavy (non-hydrogen) atoms. The molecular weight excluding hydrogens is 649 g/mol. The summed E-state index contributed by atoms with van der Waals surface area (Å²) in [5.74, 6) is 1.85.